The molecular weight excluding hydrogens is 168 g/mol. The van der Waals surface area contributed by atoms with E-state index in [9.17, 15) is 4.79 Å². The van der Waals surface area contributed by atoms with Crippen molar-refractivity contribution < 1.29 is 9.53 Å². The summed E-state index contributed by atoms with van der Waals surface area (Å²) in [5.74, 6) is 0.236. The molecule has 1 saturated carbocycles. The van der Waals surface area contributed by atoms with Gasteiger partial charge in [-0.1, -0.05) is 0 Å². The van der Waals surface area contributed by atoms with Gasteiger partial charge in [-0.3, -0.25) is 0 Å². The highest BCUT2D eigenvalue weighted by atomic mass is 16.5. The molecule has 1 aliphatic rings. The number of rotatable bonds is 3. The molecule has 0 N–H and O–H groups in total. The normalized spacial score (nSPS) is 15.4. The van der Waals surface area contributed by atoms with E-state index in [4.69, 9.17) is 4.74 Å². The Morgan fingerprint density at radius 2 is 2.46 bits per heavy atom. The lowest BCUT2D eigenvalue weighted by atomic mass is 10.4. The van der Waals surface area contributed by atoms with Crippen LogP contribution in [0.2, 0.25) is 0 Å². The van der Waals surface area contributed by atoms with Gasteiger partial charge in [0, 0.05) is 6.20 Å². The molecule has 2 rings (SSSR count). The zero-order valence-corrected chi connectivity index (χ0v) is 7.14. The van der Waals surface area contributed by atoms with Gasteiger partial charge in [0.05, 0.1) is 6.61 Å². The van der Waals surface area contributed by atoms with Crippen LogP contribution in [0.1, 0.15) is 23.3 Å². The lowest BCUT2D eigenvalue weighted by molar-refractivity contribution is 0.0479. The predicted molar refractivity (Wildman–Crippen MR) is 45.0 cm³/mol. The van der Waals surface area contributed by atoms with E-state index in [1.165, 1.54) is 25.4 Å². The van der Waals surface area contributed by atoms with Crippen LogP contribution >= 0.6 is 0 Å². The first-order chi connectivity index (χ1) is 6.36. The van der Waals surface area contributed by atoms with E-state index < -0.39 is 0 Å². The average Bonchev–Trinajstić information content (AvgIpc) is 2.99. The van der Waals surface area contributed by atoms with Gasteiger partial charge < -0.3 is 4.74 Å². The summed E-state index contributed by atoms with van der Waals surface area (Å²) in [6.45, 7) is 0.531. The molecule has 4 heteroatoms. The van der Waals surface area contributed by atoms with Crippen molar-refractivity contribution in [1.29, 1.82) is 0 Å². The smallest absolute Gasteiger partial charge is 0.357 e. The number of hydrogen-bond acceptors (Lipinski definition) is 4. The number of aromatic nitrogens is 2. The molecule has 4 nitrogen and oxygen atoms in total. The minimum atomic E-state index is -0.352. The van der Waals surface area contributed by atoms with Crippen molar-refractivity contribution in [2.45, 2.75) is 12.8 Å². The topological polar surface area (TPSA) is 52.1 Å². The van der Waals surface area contributed by atoms with Crippen molar-refractivity contribution in [2.24, 2.45) is 5.92 Å². The van der Waals surface area contributed by atoms with Crippen LogP contribution in [0.25, 0.3) is 0 Å². The minimum Gasteiger partial charge on any atom is -0.461 e. The molecule has 0 bridgehead atoms. The maximum absolute atomic E-state index is 11.3. The summed E-state index contributed by atoms with van der Waals surface area (Å²) in [6, 6.07) is 1.55. The molecule has 68 valence electrons. The molecule has 1 aliphatic carbocycles. The van der Waals surface area contributed by atoms with E-state index in [1.807, 2.05) is 0 Å². The summed E-state index contributed by atoms with van der Waals surface area (Å²) in [5, 5.41) is 0. The Morgan fingerprint density at radius 3 is 3.08 bits per heavy atom. The Bertz CT molecular complexity index is 296. The first-order valence-corrected chi connectivity index (χ1v) is 4.29. The number of carbonyl (C=O) groups is 1. The number of carbonyl (C=O) groups excluding carboxylic acids is 1. The van der Waals surface area contributed by atoms with Crippen LogP contribution < -0.4 is 0 Å². The molecule has 1 fully saturated rings. The molecule has 1 aromatic rings. The Kier molecular flexibility index (Phi) is 2.21. The fourth-order valence-electron chi connectivity index (χ4n) is 0.963. The second kappa shape index (κ2) is 3.51. The Morgan fingerprint density at radius 1 is 1.62 bits per heavy atom. The highest BCUT2D eigenvalue weighted by Crippen LogP contribution is 2.28. The molecule has 1 heterocycles. The molecule has 0 spiro atoms. The minimum absolute atomic E-state index is 0.329. The first kappa shape index (κ1) is 8.16. The average molecular weight is 178 g/mol. The van der Waals surface area contributed by atoms with Crippen molar-refractivity contribution in [1.82, 2.24) is 9.97 Å². The maximum Gasteiger partial charge on any atom is 0.357 e. The quantitative estimate of drug-likeness (QED) is 0.649. The van der Waals surface area contributed by atoms with Crippen LogP contribution in [-0.4, -0.2) is 22.5 Å². The van der Waals surface area contributed by atoms with Crippen LogP contribution in [0.5, 0.6) is 0 Å². The number of ether oxygens (including phenoxy) is 1. The SMILES string of the molecule is O=C(OCC1CC1)c1ccncn1. The summed E-state index contributed by atoms with van der Waals surface area (Å²) in [4.78, 5) is 18.8. The highest BCUT2D eigenvalue weighted by Gasteiger charge is 2.23. The maximum atomic E-state index is 11.3. The van der Waals surface area contributed by atoms with Gasteiger partial charge in [0.25, 0.3) is 0 Å². The van der Waals surface area contributed by atoms with Gasteiger partial charge in [0.15, 0.2) is 5.69 Å². The predicted octanol–water partition coefficient (Wildman–Crippen LogP) is 1.04. The van der Waals surface area contributed by atoms with Crippen LogP contribution in [0.4, 0.5) is 0 Å². The molecule has 0 unspecified atom stereocenters. The second-order valence-corrected chi connectivity index (χ2v) is 3.14. The second-order valence-electron chi connectivity index (χ2n) is 3.14. The van der Waals surface area contributed by atoms with Crippen molar-refractivity contribution in [2.75, 3.05) is 6.61 Å². The monoisotopic (exact) mass is 178 g/mol. The van der Waals surface area contributed by atoms with E-state index in [-0.39, 0.29) is 5.97 Å². The molecule has 0 radical (unpaired) electrons. The van der Waals surface area contributed by atoms with Crippen molar-refractivity contribution in [3.8, 4) is 0 Å². The summed E-state index contributed by atoms with van der Waals surface area (Å²) < 4.78 is 5.02. The molecule has 0 aliphatic heterocycles. The molecule has 0 atom stereocenters. The van der Waals surface area contributed by atoms with Crippen LogP contribution in [0.3, 0.4) is 0 Å². The number of esters is 1. The van der Waals surface area contributed by atoms with Gasteiger partial charge in [-0.25, -0.2) is 14.8 Å². The van der Waals surface area contributed by atoms with Crippen LogP contribution in [0, 0.1) is 5.92 Å². The standard InChI is InChI=1S/C9H10N2O2/c12-9(13-5-7-1-2-7)8-3-4-10-6-11-8/h3-4,6-7H,1-2,5H2. The van der Waals surface area contributed by atoms with E-state index in [1.54, 1.807) is 6.07 Å². The third kappa shape index (κ3) is 2.24. The largest absolute Gasteiger partial charge is 0.461 e. The lowest BCUT2D eigenvalue weighted by Crippen LogP contribution is -2.09. The van der Waals surface area contributed by atoms with E-state index in [0.29, 0.717) is 18.2 Å². The van der Waals surface area contributed by atoms with Gasteiger partial charge in [-0.05, 0) is 24.8 Å². The van der Waals surface area contributed by atoms with Crippen molar-refractivity contribution in [3.63, 3.8) is 0 Å². The molecule has 13 heavy (non-hydrogen) atoms. The van der Waals surface area contributed by atoms with Crippen LogP contribution in [0.15, 0.2) is 18.6 Å². The van der Waals surface area contributed by atoms with E-state index in [0.717, 1.165) is 0 Å². The first-order valence-electron chi connectivity index (χ1n) is 4.29. The fourth-order valence-corrected chi connectivity index (χ4v) is 0.963. The van der Waals surface area contributed by atoms with Gasteiger partial charge in [-0.15, -0.1) is 0 Å². The lowest BCUT2D eigenvalue weighted by Gasteiger charge is -2.01. The molecule has 1 aromatic heterocycles. The third-order valence-corrected chi connectivity index (χ3v) is 1.94. The fraction of sp³-hybridized carbons (Fsp3) is 0.444. The van der Waals surface area contributed by atoms with E-state index in [2.05, 4.69) is 9.97 Å². The summed E-state index contributed by atoms with van der Waals surface area (Å²) in [6.07, 6.45) is 5.22. The van der Waals surface area contributed by atoms with Gasteiger partial charge in [-0.2, -0.15) is 0 Å². The molecule has 0 aromatic carbocycles. The zero-order chi connectivity index (χ0) is 9.10. The Labute approximate surface area is 76.0 Å². The van der Waals surface area contributed by atoms with Gasteiger partial charge >= 0.3 is 5.97 Å². The van der Waals surface area contributed by atoms with Gasteiger partial charge in [0.2, 0.25) is 0 Å². The van der Waals surface area contributed by atoms with Gasteiger partial charge in [0.1, 0.15) is 6.33 Å². The van der Waals surface area contributed by atoms with Crippen molar-refractivity contribution >= 4 is 5.97 Å². The summed E-state index contributed by atoms with van der Waals surface area (Å²) in [5.41, 5.74) is 0.329. The molecular formula is C9H10N2O2. The summed E-state index contributed by atoms with van der Waals surface area (Å²) >= 11 is 0. The zero-order valence-electron chi connectivity index (χ0n) is 7.14. The van der Waals surface area contributed by atoms with E-state index >= 15 is 0 Å². The third-order valence-electron chi connectivity index (χ3n) is 1.94. The Hall–Kier alpha value is -1.45. The molecule has 0 amide bonds. The Balaban J connectivity index is 1.89. The summed E-state index contributed by atoms with van der Waals surface area (Å²) in [7, 11) is 0. The molecule has 0 saturated heterocycles. The highest BCUT2D eigenvalue weighted by molar-refractivity contribution is 5.86. The number of hydrogen-bond donors (Lipinski definition) is 0. The van der Waals surface area contributed by atoms with Crippen molar-refractivity contribution in [3.05, 3.63) is 24.3 Å². The number of nitrogens with zero attached hydrogens (tertiary/aromatic N) is 2. The van der Waals surface area contributed by atoms with Crippen LogP contribution in [-0.2, 0) is 4.74 Å².